The molecule has 0 atom stereocenters. The maximum absolute atomic E-state index is 11.5. The maximum atomic E-state index is 11.5. The number of halogens is 1. The van der Waals surface area contributed by atoms with Crippen LogP contribution in [0.25, 0.3) is 0 Å². The Morgan fingerprint density at radius 2 is 1.96 bits per heavy atom. The van der Waals surface area contributed by atoms with Crippen LogP contribution in [0.3, 0.4) is 0 Å². The van der Waals surface area contributed by atoms with Gasteiger partial charge in [-0.25, -0.2) is 18.1 Å². The third kappa shape index (κ3) is 9.42. The fraction of sp³-hybridized carbons (Fsp3) is 0.632. The fourth-order valence-corrected chi connectivity index (χ4v) is 3.03. The van der Waals surface area contributed by atoms with Crippen LogP contribution in [0.1, 0.15) is 37.8 Å². The monoisotopic (exact) mass is 524 g/mol. The smallest absolute Gasteiger partial charge is 0.211 e. The Balaban J connectivity index is 0.00000392. The summed E-state index contributed by atoms with van der Waals surface area (Å²) in [6, 6.07) is 6.18. The number of benzene rings is 1. The van der Waals surface area contributed by atoms with E-state index in [1.807, 2.05) is 6.92 Å². The number of sulfonamides is 1. The molecule has 0 spiro atoms. The molecule has 1 aliphatic carbocycles. The van der Waals surface area contributed by atoms with Crippen LogP contribution in [0.4, 0.5) is 0 Å². The standard InChI is InChI=1S/C19H32N4O3S.HI/c1-4-20-19(21-10-11-23-27(24,25)5-2)22-13-17-9-6-15(3)12-18(17)26-14-16-7-8-16;/h6,9,12,16,23H,4-5,7-8,10-11,13-14H2,1-3H3,(H2,20,21,22);1H. The summed E-state index contributed by atoms with van der Waals surface area (Å²) >= 11 is 0. The van der Waals surface area contributed by atoms with Crippen LogP contribution in [0.2, 0.25) is 0 Å². The molecule has 1 aromatic carbocycles. The van der Waals surface area contributed by atoms with Crippen LogP contribution < -0.4 is 20.1 Å². The number of ether oxygens (including phenoxy) is 1. The van der Waals surface area contributed by atoms with Crippen molar-refractivity contribution in [2.45, 2.75) is 40.2 Å². The predicted molar refractivity (Wildman–Crippen MR) is 125 cm³/mol. The summed E-state index contributed by atoms with van der Waals surface area (Å²) in [6.45, 7) is 8.45. The summed E-state index contributed by atoms with van der Waals surface area (Å²) in [7, 11) is -3.17. The van der Waals surface area contributed by atoms with Gasteiger partial charge in [-0.2, -0.15) is 0 Å². The van der Waals surface area contributed by atoms with Crippen LogP contribution in [-0.4, -0.2) is 46.4 Å². The lowest BCUT2D eigenvalue weighted by Gasteiger charge is -2.14. The molecular weight excluding hydrogens is 491 g/mol. The van der Waals surface area contributed by atoms with Crippen molar-refractivity contribution >= 4 is 40.0 Å². The molecule has 0 amide bonds. The molecule has 0 bridgehead atoms. The van der Waals surface area contributed by atoms with E-state index < -0.39 is 10.0 Å². The molecule has 0 aliphatic heterocycles. The molecule has 0 unspecified atom stereocenters. The van der Waals surface area contributed by atoms with Crippen molar-refractivity contribution in [1.29, 1.82) is 0 Å². The Kier molecular flexibility index (Phi) is 11.1. The van der Waals surface area contributed by atoms with Gasteiger partial charge in [0.15, 0.2) is 5.96 Å². The van der Waals surface area contributed by atoms with Crippen molar-refractivity contribution in [3.05, 3.63) is 29.3 Å². The lowest BCUT2D eigenvalue weighted by atomic mass is 10.1. The Labute approximate surface area is 186 Å². The van der Waals surface area contributed by atoms with Gasteiger partial charge in [0.05, 0.1) is 18.9 Å². The van der Waals surface area contributed by atoms with Gasteiger partial charge in [0.25, 0.3) is 0 Å². The van der Waals surface area contributed by atoms with Crippen LogP contribution in [0.5, 0.6) is 5.75 Å². The minimum atomic E-state index is -3.17. The van der Waals surface area contributed by atoms with Gasteiger partial charge >= 0.3 is 0 Å². The second-order valence-corrected chi connectivity index (χ2v) is 8.88. The van der Waals surface area contributed by atoms with Crippen LogP contribution in [-0.2, 0) is 16.6 Å². The first-order chi connectivity index (χ1) is 12.9. The average Bonchev–Trinajstić information content (AvgIpc) is 3.47. The van der Waals surface area contributed by atoms with E-state index in [0.717, 1.165) is 24.5 Å². The quantitative estimate of drug-likeness (QED) is 0.179. The zero-order valence-corrected chi connectivity index (χ0v) is 20.1. The summed E-state index contributed by atoms with van der Waals surface area (Å²) in [6.07, 6.45) is 2.52. The average molecular weight is 524 g/mol. The molecule has 7 nitrogen and oxygen atoms in total. The summed E-state index contributed by atoms with van der Waals surface area (Å²) in [4.78, 5) is 4.61. The second-order valence-electron chi connectivity index (χ2n) is 6.79. The zero-order chi connectivity index (χ0) is 19.7. The van der Waals surface area contributed by atoms with E-state index in [4.69, 9.17) is 4.74 Å². The number of hydrogen-bond acceptors (Lipinski definition) is 4. The number of aliphatic imine (C=N–C) groups is 1. The van der Waals surface area contributed by atoms with Gasteiger partial charge in [-0.15, -0.1) is 24.0 Å². The van der Waals surface area contributed by atoms with Gasteiger partial charge in [0, 0.05) is 25.2 Å². The molecule has 9 heteroatoms. The minimum absolute atomic E-state index is 0. The van der Waals surface area contributed by atoms with Crippen molar-refractivity contribution in [3.63, 3.8) is 0 Å². The number of rotatable bonds is 11. The molecule has 0 radical (unpaired) electrons. The van der Waals surface area contributed by atoms with Gasteiger partial charge in [0.2, 0.25) is 10.0 Å². The van der Waals surface area contributed by atoms with E-state index in [9.17, 15) is 8.42 Å². The summed E-state index contributed by atoms with van der Waals surface area (Å²) in [5.41, 5.74) is 2.21. The lowest BCUT2D eigenvalue weighted by molar-refractivity contribution is 0.296. The Hall–Kier alpha value is -1.07. The van der Waals surface area contributed by atoms with E-state index in [1.54, 1.807) is 6.92 Å². The molecule has 0 aromatic heterocycles. The first-order valence-corrected chi connectivity index (χ1v) is 11.3. The number of nitrogens with zero attached hydrogens (tertiary/aromatic N) is 1. The normalized spacial score (nSPS) is 14.3. The number of guanidine groups is 1. The van der Waals surface area contributed by atoms with E-state index in [-0.39, 0.29) is 29.7 Å². The van der Waals surface area contributed by atoms with E-state index in [0.29, 0.717) is 31.5 Å². The zero-order valence-electron chi connectivity index (χ0n) is 17.0. The van der Waals surface area contributed by atoms with Gasteiger partial charge in [-0.1, -0.05) is 12.1 Å². The van der Waals surface area contributed by atoms with Crippen molar-refractivity contribution in [3.8, 4) is 5.75 Å². The molecule has 28 heavy (non-hydrogen) atoms. The Morgan fingerprint density at radius 3 is 2.61 bits per heavy atom. The van der Waals surface area contributed by atoms with Crippen LogP contribution in [0.15, 0.2) is 23.2 Å². The fourth-order valence-electron chi connectivity index (χ4n) is 2.41. The van der Waals surface area contributed by atoms with Crippen molar-refractivity contribution < 1.29 is 13.2 Å². The van der Waals surface area contributed by atoms with Crippen molar-refractivity contribution in [2.75, 3.05) is 32.0 Å². The van der Waals surface area contributed by atoms with Crippen LogP contribution in [0, 0.1) is 12.8 Å². The molecule has 3 N–H and O–H groups in total. The molecule has 160 valence electrons. The van der Waals surface area contributed by atoms with Crippen molar-refractivity contribution in [1.82, 2.24) is 15.4 Å². The topological polar surface area (TPSA) is 91.8 Å². The van der Waals surface area contributed by atoms with E-state index in [2.05, 4.69) is 45.5 Å². The highest BCUT2D eigenvalue weighted by Crippen LogP contribution is 2.30. The number of aryl methyl sites for hydroxylation is 1. The maximum Gasteiger partial charge on any atom is 0.211 e. The largest absolute Gasteiger partial charge is 0.493 e. The van der Waals surface area contributed by atoms with Gasteiger partial charge in [0.1, 0.15) is 5.75 Å². The Morgan fingerprint density at radius 1 is 1.21 bits per heavy atom. The van der Waals surface area contributed by atoms with E-state index in [1.165, 1.54) is 18.4 Å². The van der Waals surface area contributed by atoms with Gasteiger partial charge in [-0.05, 0) is 51.2 Å². The lowest BCUT2D eigenvalue weighted by Crippen LogP contribution is -2.41. The highest BCUT2D eigenvalue weighted by Gasteiger charge is 2.22. The SMILES string of the molecule is CCNC(=NCc1ccc(C)cc1OCC1CC1)NCCNS(=O)(=O)CC.I. The minimum Gasteiger partial charge on any atom is -0.493 e. The number of hydrogen-bond donors (Lipinski definition) is 3. The molecule has 0 heterocycles. The predicted octanol–water partition coefficient (Wildman–Crippen LogP) is 2.40. The first kappa shape index (κ1) is 25.0. The molecule has 1 saturated carbocycles. The first-order valence-electron chi connectivity index (χ1n) is 9.65. The molecule has 1 aliphatic rings. The molecule has 0 saturated heterocycles. The summed E-state index contributed by atoms with van der Waals surface area (Å²) in [5, 5.41) is 6.33. The highest BCUT2D eigenvalue weighted by molar-refractivity contribution is 14.0. The van der Waals surface area contributed by atoms with Gasteiger partial charge < -0.3 is 15.4 Å². The third-order valence-electron chi connectivity index (χ3n) is 4.27. The van der Waals surface area contributed by atoms with E-state index >= 15 is 0 Å². The third-order valence-corrected chi connectivity index (χ3v) is 5.67. The molecular formula is C19H33IN4O3S. The molecule has 1 aromatic rings. The molecule has 1 fully saturated rings. The Bertz CT molecular complexity index is 737. The highest BCUT2D eigenvalue weighted by atomic mass is 127. The van der Waals surface area contributed by atoms with Gasteiger partial charge in [-0.3, -0.25) is 0 Å². The summed E-state index contributed by atoms with van der Waals surface area (Å²) in [5.74, 6) is 2.34. The summed E-state index contributed by atoms with van der Waals surface area (Å²) < 4.78 is 31.5. The second kappa shape index (κ2) is 12.5. The molecule has 2 rings (SSSR count). The van der Waals surface area contributed by atoms with Crippen molar-refractivity contribution in [2.24, 2.45) is 10.9 Å². The van der Waals surface area contributed by atoms with Crippen LogP contribution >= 0.6 is 24.0 Å². The number of nitrogens with one attached hydrogen (secondary N) is 3.